The monoisotopic (exact) mass is 385 g/mol. The van der Waals surface area contributed by atoms with E-state index in [1.165, 1.54) is 0 Å². The van der Waals surface area contributed by atoms with E-state index in [9.17, 15) is 4.79 Å². The fourth-order valence-corrected chi connectivity index (χ4v) is 3.38. The fraction of sp³-hybridized carbons (Fsp3) is 0.524. The molecule has 7 heteroatoms. The lowest BCUT2D eigenvalue weighted by Crippen LogP contribution is -2.42. The van der Waals surface area contributed by atoms with Crippen molar-refractivity contribution in [1.82, 2.24) is 15.5 Å². The van der Waals surface area contributed by atoms with Gasteiger partial charge in [0.2, 0.25) is 5.91 Å². The molecule has 152 valence electrons. The summed E-state index contributed by atoms with van der Waals surface area (Å²) >= 11 is 0. The molecule has 0 unspecified atom stereocenters. The summed E-state index contributed by atoms with van der Waals surface area (Å²) in [7, 11) is 1.78. The van der Waals surface area contributed by atoms with E-state index in [-0.39, 0.29) is 5.91 Å². The highest BCUT2D eigenvalue weighted by molar-refractivity contribution is 5.90. The summed E-state index contributed by atoms with van der Waals surface area (Å²) in [5.41, 5.74) is 1.92. The molecule has 0 bridgehead atoms. The Morgan fingerprint density at radius 3 is 2.79 bits per heavy atom. The largest absolute Gasteiger partial charge is 0.379 e. The van der Waals surface area contributed by atoms with Crippen molar-refractivity contribution in [2.24, 2.45) is 4.99 Å². The molecule has 1 heterocycles. The van der Waals surface area contributed by atoms with Crippen LogP contribution in [0.15, 0.2) is 41.4 Å². The van der Waals surface area contributed by atoms with Gasteiger partial charge in [0.05, 0.1) is 13.2 Å². The first-order chi connectivity index (χ1) is 13.7. The molecule has 1 aromatic carbocycles. The Balaban J connectivity index is 1.43. The lowest BCUT2D eigenvalue weighted by molar-refractivity contribution is -0.116. The van der Waals surface area contributed by atoms with Gasteiger partial charge in [0.25, 0.3) is 0 Å². The van der Waals surface area contributed by atoms with E-state index in [0.29, 0.717) is 19.0 Å². The van der Waals surface area contributed by atoms with Crippen LogP contribution in [0.25, 0.3) is 0 Å². The predicted octanol–water partition coefficient (Wildman–Crippen LogP) is 1.73. The molecule has 1 amide bonds. The molecule has 1 fully saturated rings. The zero-order valence-electron chi connectivity index (χ0n) is 16.6. The molecule has 0 radical (unpaired) electrons. The molecule has 0 spiro atoms. The Hall–Kier alpha value is -2.38. The number of rotatable bonds is 7. The maximum atomic E-state index is 12.3. The van der Waals surface area contributed by atoms with Gasteiger partial charge in [-0.1, -0.05) is 24.3 Å². The number of nitrogens with one attached hydrogen (secondary N) is 3. The molecule has 7 nitrogen and oxygen atoms in total. The number of nitrogens with zero attached hydrogens (tertiary/aromatic N) is 2. The highest BCUT2D eigenvalue weighted by atomic mass is 16.5. The van der Waals surface area contributed by atoms with E-state index >= 15 is 0 Å². The van der Waals surface area contributed by atoms with Crippen molar-refractivity contribution in [3.05, 3.63) is 42.0 Å². The first-order valence-corrected chi connectivity index (χ1v) is 10.0. The van der Waals surface area contributed by atoms with E-state index in [2.05, 4.69) is 38.0 Å². The van der Waals surface area contributed by atoms with Crippen LogP contribution in [0.3, 0.4) is 0 Å². The molecule has 1 aromatic rings. The molecular formula is C21H31N5O2. The second-order valence-corrected chi connectivity index (χ2v) is 7.16. The highest BCUT2D eigenvalue weighted by Gasteiger charge is 2.13. The van der Waals surface area contributed by atoms with Gasteiger partial charge in [0.15, 0.2) is 5.96 Å². The molecule has 3 N–H and O–H groups in total. The van der Waals surface area contributed by atoms with Crippen LogP contribution in [0.1, 0.15) is 24.8 Å². The predicted molar refractivity (Wildman–Crippen MR) is 112 cm³/mol. The zero-order valence-corrected chi connectivity index (χ0v) is 16.6. The third kappa shape index (κ3) is 6.65. The number of hydrogen-bond donors (Lipinski definition) is 3. The Labute approximate surface area is 167 Å². The van der Waals surface area contributed by atoms with Gasteiger partial charge in [-0.05, 0) is 30.5 Å². The number of guanidine groups is 1. The Morgan fingerprint density at radius 1 is 1.25 bits per heavy atom. The number of benzene rings is 1. The lowest BCUT2D eigenvalue weighted by atomic mass is 10.2. The Morgan fingerprint density at radius 2 is 2.04 bits per heavy atom. The highest BCUT2D eigenvalue weighted by Crippen LogP contribution is 2.12. The minimum absolute atomic E-state index is 0.0443. The molecule has 0 aromatic heterocycles. The van der Waals surface area contributed by atoms with E-state index in [4.69, 9.17) is 4.74 Å². The summed E-state index contributed by atoms with van der Waals surface area (Å²) in [5.74, 6) is 0.844. The summed E-state index contributed by atoms with van der Waals surface area (Å²) in [6.45, 7) is 4.74. The van der Waals surface area contributed by atoms with Crippen LogP contribution >= 0.6 is 0 Å². The third-order valence-corrected chi connectivity index (χ3v) is 5.00. The number of carbonyl (C=O) groups excluding carboxylic acids is 1. The van der Waals surface area contributed by atoms with Crippen molar-refractivity contribution in [2.75, 3.05) is 45.2 Å². The van der Waals surface area contributed by atoms with Crippen LogP contribution in [-0.2, 0) is 16.1 Å². The van der Waals surface area contributed by atoms with Crippen molar-refractivity contribution in [2.45, 2.75) is 31.8 Å². The normalized spacial score (nSPS) is 18.2. The minimum atomic E-state index is 0.0443. The van der Waals surface area contributed by atoms with Gasteiger partial charge in [0, 0.05) is 51.4 Å². The van der Waals surface area contributed by atoms with Crippen molar-refractivity contribution in [3.63, 3.8) is 0 Å². The van der Waals surface area contributed by atoms with Crippen LogP contribution < -0.4 is 16.0 Å². The second-order valence-electron chi connectivity index (χ2n) is 7.16. The topological polar surface area (TPSA) is 78.0 Å². The molecule has 0 saturated carbocycles. The van der Waals surface area contributed by atoms with Gasteiger partial charge >= 0.3 is 0 Å². The number of amides is 1. The van der Waals surface area contributed by atoms with Crippen LogP contribution in [0.2, 0.25) is 0 Å². The van der Waals surface area contributed by atoms with Gasteiger partial charge in [-0.25, -0.2) is 0 Å². The van der Waals surface area contributed by atoms with Crippen molar-refractivity contribution in [3.8, 4) is 0 Å². The van der Waals surface area contributed by atoms with Gasteiger partial charge in [0.1, 0.15) is 0 Å². The van der Waals surface area contributed by atoms with Crippen LogP contribution in [-0.4, -0.2) is 62.7 Å². The number of hydrogen-bond acceptors (Lipinski definition) is 4. The maximum absolute atomic E-state index is 12.3. The number of anilines is 1. The van der Waals surface area contributed by atoms with E-state index in [0.717, 1.165) is 62.9 Å². The zero-order chi connectivity index (χ0) is 19.6. The smallest absolute Gasteiger partial charge is 0.225 e. The Kier molecular flexibility index (Phi) is 7.87. The van der Waals surface area contributed by atoms with Crippen LogP contribution in [0, 0.1) is 0 Å². The molecule has 1 aliphatic heterocycles. The average Bonchev–Trinajstić information content (AvgIpc) is 3.24. The maximum Gasteiger partial charge on any atom is 0.225 e. The van der Waals surface area contributed by atoms with E-state index in [1.54, 1.807) is 7.05 Å². The number of carbonyl (C=O) groups is 1. The number of morpholine rings is 1. The molecule has 2 aliphatic rings. The van der Waals surface area contributed by atoms with Gasteiger partial charge in [-0.3, -0.25) is 14.7 Å². The standard InChI is InChI=1S/C21H31N5O2/c1-22-21(25-18-6-2-3-7-18)23-16-17-5-4-8-19(15-17)24-20(27)9-10-26-11-13-28-14-12-26/h2-5,8,15,18H,6-7,9-14,16H2,1H3,(H,24,27)(H2,22,23,25). The van der Waals surface area contributed by atoms with E-state index < -0.39 is 0 Å². The van der Waals surface area contributed by atoms with Crippen molar-refractivity contribution < 1.29 is 9.53 Å². The second kappa shape index (κ2) is 10.8. The van der Waals surface area contributed by atoms with Gasteiger partial charge in [-0.15, -0.1) is 0 Å². The first kappa shape index (κ1) is 20.4. The lowest BCUT2D eigenvalue weighted by Gasteiger charge is -2.26. The summed E-state index contributed by atoms with van der Waals surface area (Å²) in [5, 5.41) is 9.77. The number of ether oxygens (including phenoxy) is 1. The van der Waals surface area contributed by atoms with Crippen LogP contribution in [0.4, 0.5) is 5.69 Å². The molecule has 3 rings (SSSR count). The van der Waals surface area contributed by atoms with Gasteiger partial charge < -0.3 is 20.7 Å². The molecule has 28 heavy (non-hydrogen) atoms. The fourth-order valence-electron chi connectivity index (χ4n) is 3.38. The van der Waals surface area contributed by atoms with Gasteiger partial charge in [-0.2, -0.15) is 0 Å². The third-order valence-electron chi connectivity index (χ3n) is 5.00. The summed E-state index contributed by atoms with van der Waals surface area (Å²) in [6, 6.07) is 8.35. The van der Waals surface area contributed by atoms with Crippen molar-refractivity contribution >= 4 is 17.6 Å². The Bertz CT molecular complexity index is 690. The number of aliphatic imine (C=N–C) groups is 1. The summed E-state index contributed by atoms with van der Waals surface area (Å²) < 4.78 is 5.34. The van der Waals surface area contributed by atoms with Crippen molar-refractivity contribution in [1.29, 1.82) is 0 Å². The molecule has 1 aliphatic carbocycles. The summed E-state index contributed by atoms with van der Waals surface area (Å²) in [4.78, 5) is 18.8. The molecule has 0 atom stereocenters. The summed E-state index contributed by atoms with van der Waals surface area (Å²) in [6.07, 6.45) is 6.94. The first-order valence-electron chi connectivity index (χ1n) is 10.0. The van der Waals surface area contributed by atoms with Crippen LogP contribution in [0.5, 0.6) is 0 Å². The minimum Gasteiger partial charge on any atom is -0.379 e. The molecular weight excluding hydrogens is 354 g/mol. The molecule has 1 saturated heterocycles. The average molecular weight is 386 g/mol. The SMILES string of the molecule is CN=C(NCc1cccc(NC(=O)CCN2CCOCC2)c1)NC1CC=CC1. The quantitative estimate of drug-likeness (QED) is 0.379. The van der Waals surface area contributed by atoms with E-state index in [1.807, 2.05) is 24.3 Å².